The second kappa shape index (κ2) is 12.2. The number of carbonyl (C=O) groups excluding carboxylic acids is 1. The predicted molar refractivity (Wildman–Crippen MR) is 157 cm³/mol. The number of nitrogens with two attached hydrogens (primary N) is 1. The van der Waals surface area contributed by atoms with Crippen LogP contribution in [0.4, 0.5) is 18.9 Å². The molecule has 0 unspecified atom stereocenters. The van der Waals surface area contributed by atoms with Gasteiger partial charge >= 0.3 is 6.36 Å². The summed E-state index contributed by atoms with van der Waals surface area (Å²) in [4.78, 5) is 16.6. The number of aromatic nitrogens is 1. The number of carbonyl (C=O) groups is 1. The van der Waals surface area contributed by atoms with Crippen LogP contribution < -0.4 is 15.8 Å². The van der Waals surface area contributed by atoms with Crippen molar-refractivity contribution >= 4 is 17.3 Å². The minimum absolute atomic E-state index is 0.0541. The number of oxazole rings is 1. The van der Waals surface area contributed by atoms with Gasteiger partial charge in [-0.1, -0.05) is 30.3 Å². The number of primary amides is 1. The molecule has 0 aliphatic carbocycles. The molecule has 0 aliphatic heterocycles. The number of hydrogen-bond acceptors (Lipinski definition) is 7. The third kappa shape index (κ3) is 7.29. The molecule has 43 heavy (non-hydrogen) atoms. The second-order valence-electron chi connectivity index (χ2n) is 10.2. The van der Waals surface area contributed by atoms with E-state index in [1.165, 1.54) is 36.5 Å². The fraction of sp³-hybridized carbons (Fsp3) is 0.188. The van der Waals surface area contributed by atoms with Crippen molar-refractivity contribution in [2.75, 3.05) is 5.32 Å². The van der Waals surface area contributed by atoms with Gasteiger partial charge in [0.2, 0.25) is 5.91 Å². The van der Waals surface area contributed by atoms with Crippen molar-refractivity contribution in [2.45, 2.75) is 39.0 Å². The number of amides is 1. The highest BCUT2D eigenvalue weighted by molar-refractivity contribution is 5.94. The van der Waals surface area contributed by atoms with Crippen LogP contribution >= 0.6 is 0 Å². The topological polar surface area (TPSA) is 138 Å². The first-order chi connectivity index (χ1) is 20.3. The van der Waals surface area contributed by atoms with E-state index in [1.54, 1.807) is 26.8 Å². The normalized spacial score (nSPS) is 11.7. The van der Waals surface area contributed by atoms with Crippen molar-refractivity contribution in [1.29, 1.82) is 10.7 Å². The van der Waals surface area contributed by atoms with Crippen LogP contribution in [0.25, 0.3) is 33.7 Å². The van der Waals surface area contributed by atoms with Crippen LogP contribution in [-0.4, -0.2) is 23.0 Å². The number of allylic oxidation sites excluding steroid dienone is 1. The number of anilines is 1. The fourth-order valence-electron chi connectivity index (χ4n) is 4.26. The number of hydrogen-bond donors (Lipinski definition) is 3. The van der Waals surface area contributed by atoms with E-state index in [2.05, 4.69) is 15.0 Å². The van der Waals surface area contributed by atoms with Crippen molar-refractivity contribution in [2.24, 2.45) is 5.73 Å². The zero-order valence-electron chi connectivity index (χ0n) is 23.5. The van der Waals surface area contributed by atoms with Gasteiger partial charge in [0.15, 0.2) is 11.7 Å². The molecule has 0 atom stereocenters. The molecule has 11 heteroatoms. The Labute approximate surface area is 246 Å². The molecule has 0 spiro atoms. The lowest BCUT2D eigenvalue weighted by Gasteiger charge is -2.22. The molecule has 0 aliphatic rings. The van der Waals surface area contributed by atoms with Gasteiger partial charge in [-0.2, -0.15) is 5.26 Å². The van der Waals surface area contributed by atoms with Gasteiger partial charge in [0.25, 0.3) is 0 Å². The van der Waals surface area contributed by atoms with Gasteiger partial charge in [-0.3, -0.25) is 4.79 Å². The van der Waals surface area contributed by atoms with Crippen LogP contribution in [0.2, 0.25) is 0 Å². The van der Waals surface area contributed by atoms with Crippen LogP contribution in [0, 0.1) is 23.7 Å². The third-order valence-electron chi connectivity index (χ3n) is 6.69. The number of benzene rings is 3. The molecule has 0 fully saturated rings. The predicted octanol–water partition coefficient (Wildman–Crippen LogP) is 7.50. The lowest BCUT2D eigenvalue weighted by molar-refractivity contribution is -0.274. The van der Waals surface area contributed by atoms with E-state index >= 15 is 0 Å². The largest absolute Gasteiger partial charge is 0.573 e. The Bertz CT molecular complexity index is 1730. The van der Waals surface area contributed by atoms with Crippen molar-refractivity contribution in [3.05, 3.63) is 90.5 Å². The van der Waals surface area contributed by atoms with E-state index < -0.39 is 17.7 Å². The monoisotopic (exact) mass is 587 g/mol. The Hall–Kier alpha value is -5.37. The van der Waals surface area contributed by atoms with Gasteiger partial charge in [-0.15, -0.1) is 13.2 Å². The number of aryl methyl sites for hydroxylation is 1. The highest BCUT2D eigenvalue weighted by atomic mass is 19.4. The molecule has 1 heterocycles. The molecule has 0 saturated carbocycles. The smallest absolute Gasteiger partial charge is 0.440 e. The average molecular weight is 588 g/mol. The van der Waals surface area contributed by atoms with E-state index in [-0.39, 0.29) is 17.9 Å². The Balaban J connectivity index is 1.83. The van der Waals surface area contributed by atoms with Crippen molar-refractivity contribution in [3.8, 4) is 45.5 Å². The van der Waals surface area contributed by atoms with Crippen molar-refractivity contribution in [3.63, 3.8) is 0 Å². The summed E-state index contributed by atoms with van der Waals surface area (Å²) in [6.07, 6.45) is -1.89. The van der Waals surface area contributed by atoms with Crippen LogP contribution in [0.3, 0.4) is 0 Å². The molecule has 1 aromatic heterocycles. The third-order valence-corrected chi connectivity index (χ3v) is 6.69. The summed E-state index contributed by atoms with van der Waals surface area (Å²) in [5.41, 5.74) is 9.19. The summed E-state index contributed by atoms with van der Waals surface area (Å²) in [6.45, 7) is 5.15. The van der Waals surface area contributed by atoms with Gasteiger partial charge in [0.05, 0.1) is 17.9 Å². The lowest BCUT2D eigenvalue weighted by Crippen LogP contribution is -2.35. The molecule has 0 radical (unpaired) electrons. The quantitative estimate of drug-likeness (QED) is 0.164. The molecule has 4 rings (SSSR count). The van der Waals surface area contributed by atoms with Crippen LogP contribution in [0.15, 0.2) is 83.4 Å². The average Bonchev–Trinajstić information content (AvgIpc) is 3.34. The summed E-state index contributed by atoms with van der Waals surface area (Å²) in [5, 5.41) is 19.8. The van der Waals surface area contributed by atoms with Gasteiger partial charge in [0, 0.05) is 35.6 Å². The van der Waals surface area contributed by atoms with Crippen LogP contribution in [-0.2, 0) is 10.2 Å². The van der Waals surface area contributed by atoms with E-state index in [1.807, 2.05) is 42.5 Å². The van der Waals surface area contributed by atoms with E-state index in [0.29, 0.717) is 34.2 Å². The van der Waals surface area contributed by atoms with Crippen molar-refractivity contribution < 1.29 is 27.1 Å². The number of nitrogens with zero attached hydrogens (tertiary/aromatic N) is 2. The Morgan fingerprint density at radius 2 is 1.77 bits per heavy atom. The first-order valence-electron chi connectivity index (χ1n) is 13.0. The minimum Gasteiger partial charge on any atom is -0.440 e. The molecule has 1 amide bonds. The molecular formula is C32H28F3N5O3. The SMILES string of the molecule is Cc1nc(-c2ccc(OC(F)(F)F)cc2)c(-c2cc(-c3cccc(C(C)(C)C(N)=O)c3)ccc2N/C=C\C(=N)CC#N)o1. The van der Waals surface area contributed by atoms with E-state index in [4.69, 9.17) is 20.8 Å². The molecular weight excluding hydrogens is 559 g/mol. The summed E-state index contributed by atoms with van der Waals surface area (Å²) < 4.78 is 48.1. The number of nitriles is 1. The molecule has 3 aromatic carbocycles. The van der Waals surface area contributed by atoms with Gasteiger partial charge in [0.1, 0.15) is 11.4 Å². The Kier molecular flexibility index (Phi) is 8.71. The number of halogens is 3. The maximum atomic E-state index is 12.7. The molecule has 8 nitrogen and oxygen atoms in total. The molecule has 4 N–H and O–H groups in total. The Morgan fingerprint density at radius 3 is 2.42 bits per heavy atom. The van der Waals surface area contributed by atoms with Gasteiger partial charge in [-0.25, -0.2) is 4.98 Å². The fourth-order valence-corrected chi connectivity index (χ4v) is 4.26. The highest BCUT2D eigenvalue weighted by Gasteiger charge is 2.31. The van der Waals surface area contributed by atoms with Crippen LogP contribution in [0.5, 0.6) is 5.75 Å². The van der Waals surface area contributed by atoms with Crippen LogP contribution in [0.1, 0.15) is 31.7 Å². The first kappa shape index (κ1) is 30.6. The lowest BCUT2D eigenvalue weighted by atomic mass is 9.82. The number of alkyl halides is 3. The number of nitrogens with one attached hydrogen (secondary N) is 2. The Morgan fingerprint density at radius 1 is 1.09 bits per heavy atom. The van der Waals surface area contributed by atoms with E-state index in [0.717, 1.165) is 16.7 Å². The second-order valence-corrected chi connectivity index (χ2v) is 10.2. The molecule has 4 aromatic rings. The highest BCUT2D eigenvalue weighted by Crippen LogP contribution is 2.40. The molecule has 0 saturated heterocycles. The summed E-state index contributed by atoms with van der Waals surface area (Å²) in [7, 11) is 0. The summed E-state index contributed by atoms with van der Waals surface area (Å²) >= 11 is 0. The maximum absolute atomic E-state index is 12.7. The van der Waals surface area contributed by atoms with Gasteiger partial charge < -0.3 is 25.6 Å². The van der Waals surface area contributed by atoms with Gasteiger partial charge in [-0.05, 0) is 73.0 Å². The molecule has 0 bridgehead atoms. The zero-order chi connectivity index (χ0) is 31.4. The first-order valence-corrected chi connectivity index (χ1v) is 13.0. The maximum Gasteiger partial charge on any atom is 0.573 e. The number of rotatable bonds is 10. The van der Waals surface area contributed by atoms with E-state index in [9.17, 15) is 18.0 Å². The summed E-state index contributed by atoms with van der Waals surface area (Å²) in [5.74, 6) is -0.160. The minimum atomic E-state index is -4.82. The van der Waals surface area contributed by atoms with Crippen molar-refractivity contribution in [1.82, 2.24) is 4.98 Å². The molecule has 220 valence electrons. The summed E-state index contributed by atoms with van der Waals surface area (Å²) in [6, 6.07) is 20.2. The number of ether oxygens (including phenoxy) is 1. The zero-order valence-corrected chi connectivity index (χ0v) is 23.5. The standard InChI is InChI=1S/C32H28F3N5O3/c1-19-40-28(20-7-10-25(11-8-20)43-32(33,34)35)29(42-19)26-18-22(9-12-27(26)39-16-14-24(37)13-15-36)21-5-4-6-23(17-21)31(2,3)30(38)41/h4-12,14,16-18,37,39H,13H2,1-3H3,(H2,38,41)/b16-14-,37-24?.